The maximum Gasteiger partial charge on any atom is 0.309 e. The summed E-state index contributed by atoms with van der Waals surface area (Å²) in [6, 6.07) is -0.569. The van der Waals surface area contributed by atoms with Crippen molar-refractivity contribution in [2.24, 2.45) is 23.7 Å². The van der Waals surface area contributed by atoms with Crippen LogP contribution in [0.25, 0.3) is 0 Å². The Morgan fingerprint density at radius 3 is 2.18 bits per heavy atom. The lowest BCUT2D eigenvalue weighted by molar-refractivity contribution is -0.285. The Balaban J connectivity index is 2.58. The van der Waals surface area contributed by atoms with Crippen LogP contribution < -0.4 is 0 Å². The van der Waals surface area contributed by atoms with Gasteiger partial charge in [-0.3, -0.25) is 9.69 Å². The van der Waals surface area contributed by atoms with Crippen molar-refractivity contribution in [2.75, 3.05) is 47.9 Å². The van der Waals surface area contributed by atoms with E-state index >= 15 is 0 Å². The van der Waals surface area contributed by atoms with Crippen molar-refractivity contribution in [3.63, 3.8) is 0 Å². The molecule has 266 valence electrons. The van der Waals surface area contributed by atoms with Crippen LogP contribution in [0.2, 0.25) is 0 Å². The highest BCUT2D eigenvalue weighted by molar-refractivity contribution is 5.72. The average molecular weight is 646 g/mol. The number of hydrogen-bond donors (Lipinski definition) is 4. The van der Waals surface area contributed by atoms with Gasteiger partial charge in [0.15, 0.2) is 6.29 Å². The van der Waals surface area contributed by atoms with Gasteiger partial charge < -0.3 is 44.4 Å². The fraction of sp³-hybridized carbons (Fsp3) is 0.971. The molecule has 0 bridgehead atoms. The van der Waals surface area contributed by atoms with Gasteiger partial charge in [-0.25, -0.2) is 0 Å². The van der Waals surface area contributed by atoms with Gasteiger partial charge >= 0.3 is 5.97 Å². The Morgan fingerprint density at radius 2 is 1.64 bits per heavy atom. The summed E-state index contributed by atoms with van der Waals surface area (Å²) in [7, 11) is 7.88. The largest absolute Gasteiger partial charge is 0.459 e. The molecule has 14 atom stereocenters. The lowest BCUT2D eigenvalue weighted by Gasteiger charge is -2.50. The number of carbonyl (C=O) groups excluding carboxylic acids is 1. The van der Waals surface area contributed by atoms with Crippen LogP contribution in [0.4, 0.5) is 0 Å². The second kappa shape index (κ2) is 16.5. The van der Waals surface area contributed by atoms with E-state index in [1.54, 1.807) is 6.92 Å². The van der Waals surface area contributed by atoms with E-state index in [2.05, 4.69) is 16.7 Å². The number of aliphatic hydroxyl groups excluding tert-OH is 2. The fourth-order valence-electron chi connectivity index (χ4n) is 7.74. The normalized spacial score (nSPS) is 45.3. The third-order valence-electron chi connectivity index (χ3n) is 11.0. The van der Waals surface area contributed by atoms with Gasteiger partial charge in [0.2, 0.25) is 0 Å². The molecule has 0 radical (unpaired) electrons. The minimum atomic E-state index is -1.66. The third kappa shape index (κ3) is 9.60. The molecule has 4 N–H and O–H groups in total. The Kier molecular flexibility index (Phi) is 14.8. The van der Waals surface area contributed by atoms with E-state index < -0.39 is 53.7 Å². The maximum absolute atomic E-state index is 13.6. The number of aliphatic hydroxyl groups is 4. The standard InChI is InChI=1S/C34H67N3O8/c1-14-27-34(9,42)29(39)25(7)37(13)19-20(2)18-33(8,41)30(23(5)22(4)24(6)31(40)44-27)45-32-28(35(10)11)26(17-21(3)43-32)36(12)15-16-38/h20-30,32,38-39,41-42H,14-19H2,1-13H3/t20-,21-,22+,23+,24-,25-,26-,27-,28+,29-,30-,32+,33-,34-/m1/s1. The molecule has 2 saturated heterocycles. The van der Waals surface area contributed by atoms with Crippen molar-refractivity contribution < 1.29 is 39.4 Å². The molecule has 45 heavy (non-hydrogen) atoms. The zero-order valence-electron chi connectivity index (χ0n) is 30.4. The van der Waals surface area contributed by atoms with Crippen molar-refractivity contribution in [1.82, 2.24) is 14.7 Å². The zero-order valence-corrected chi connectivity index (χ0v) is 30.4. The molecule has 11 nitrogen and oxygen atoms in total. The molecule has 0 aromatic rings. The Bertz CT molecular complexity index is 920. The van der Waals surface area contributed by atoms with Crippen LogP contribution in [0.5, 0.6) is 0 Å². The first-order chi connectivity index (χ1) is 20.7. The topological polar surface area (TPSA) is 135 Å². The number of hydrogen-bond acceptors (Lipinski definition) is 11. The summed E-state index contributed by atoms with van der Waals surface area (Å²) in [4.78, 5) is 19.8. The van der Waals surface area contributed by atoms with Crippen molar-refractivity contribution in [2.45, 2.75) is 142 Å². The molecule has 2 fully saturated rings. The smallest absolute Gasteiger partial charge is 0.309 e. The van der Waals surface area contributed by atoms with Crippen LogP contribution in [-0.4, -0.2) is 149 Å². The quantitative estimate of drug-likeness (QED) is 0.304. The van der Waals surface area contributed by atoms with Gasteiger partial charge in [0.1, 0.15) is 17.8 Å². The average Bonchev–Trinajstić information content (AvgIpc) is 2.94. The molecule has 0 aromatic heterocycles. The second-order valence-corrected chi connectivity index (χ2v) is 15.2. The van der Waals surface area contributed by atoms with Crippen LogP contribution in [0.3, 0.4) is 0 Å². The summed E-state index contributed by atoms with van der Waals surface area (Å²) < 4.78 is 19.3. The Labute approximate surface area is 273 Å². The van der Waals surface area contributed by atoms with Crippen LogP contribution >= 0.6 is 0 Å². The van der Waals surface area contributed by atoms with Gasteiger partial charge in [0, 0.05) is 25.2 Å². The molecule has 11 heteroatoms. The first kappa shape index (κ1) is 40.3. The number of ether oxygens (including phenoxy) is 3. The SMILES string of the molecule is CC[C@H]1OC(=O)[C@H](C)[C@@H](C)[C@H](C)[C@@H](O[C@@H]2O[C@H](C)C[C@@H](N(C)CCO)[C@@H]2N(C)C)[C@](C)(O)C[C@@H](C)CN(C)[C@H](C)[C@@H](O)[C@]1(C)O. The fourth-order valence-corrected chi connectivity index (χ4v) is 7.74. The summed E-state index contributed by atoms with van der Waals surface area (Å²) in [5, 5.41) is 44.8. The molecule has 0 amide bonds. The van der Waals surface area contributed by atoms with E-state index in [9.17, 15) is 25.2 Å². The second-order valence-electron chi connectivity index (χ2n) is 15.2. The number of rotatable bonds is 7. The van der Waals surface area contributed by atoms with Crippen LogP contribution in [0, 0.1) is 23.7 Å². The molecule has 0 unspecified atom stereocenters. The van der Waals surface area contributed by atoms with E-state index in [4.69, 9.17) is 14.2 Å². The molecule has 2 heterocycles. The summed E-state index contributed by atoms with van der Waals surface area (Å²) in [6.45, 7) is 18.0. The molecular weight excluding hydrogens is 578 g/mol. The molecule has 0 aromatic carbocycles. The molecule has 2 aliphatic heterocycles. The Hall–Kier alpha value is -0.890. The lowest BCUT2D eigenvalue weighted by Crippen LogP contribution is -2.63. The van der Waals surface area contributed by atoms with Crippen LogP contribution in [0.1, 0.15) is 81.6 Å². The number of nitrogens with zero attached hydrogens (tertiary/aromatic N) is 3. The van der Waals surface area contributed by atoms with Gasteiger partial charge in [0.05, 0.1) is 36.4 Å². The lowest BCUT2D eigenvalue weighted by atomic mass is 9.74. The molecule has 0 aliphatic carbocycles. The summed E-state index contributed by atoms with van der Waals surface area (Å²) in [5.41, 5.74) is -2.96. The van der Waals surface area contributed by atoms with Crippen LogP contribution in [-0.2, 0) is 19.0 Å². The molecule has 2 rings (SSSR count). The summed E-state index contributed by atoms with van der Waals surface area (Å²) in [5.74, 6) is -1.60. The monoisotopic (exact) mass is 645 g/mol. The van der Waals surface area contributed by atoms with E-state index in [1.807, 2.05) is 74.6 Å². The number of carbonyl (C=O) groups is 1. The number of likely N-dealkylation sites (N-methyl/N-ethyl adjacent to an activating group) is 3. The molecular formula is C34H67N3O8. The van der Waals surface area contributed by atoms with Gasteiger partial charge in [0.25, 0.3) is 0 Å². The molecule has 2 aliphatic rings. The third-order valence-corrected chi connectivity index (χ3v) is 11.0. The first-order valence-electron chi connectivity index (χ1n) is 17.0. The summed E-state index contributed by atoms with van der Waals surface area (Å²) in [6.07, 6.45) is -2.04. The first-order valence-corrected chi connectivity index (χ1v) is 17.0. The van der Waals surface area contributed by atoms with Gasteiger partial charge in [-0.1, -0.05) is 34.6 Å². The van der Waals surface area contributed by atoms with E-state index in [0.717, 1.165) is 6.42 Å². The summed E-state index contributed by atoms with van der Waals surface area (Å²) >= 11 is 0. The number of cyclic esters (lactones) is 1. The highest BCUT2D eigenvalue weighted by atomic mass is 16.7. The minimum absolute atomic E-state index is 0.000102. The number of esters is 1. The van der Waals surface area contributed by atoms with E-state index in [-0.39, 0.29) is 42.5 Å². The van der Waals surface area contributed by atoms with Crippen molar-refractivity contribution in [3.8, 4) is 0 Å². The van der Waals surface area contributed by atoms with E-state index in [1.165, 1.54) is 6.92 Å². The molecule has 0 saturated carbocycles. The predicted octanol–water partition coefficient (Wildman–Crippen LogP) is 2.18. The highest BCUT2D eigenvalue weighted by Crippen LogP contribution is 2.39. The predicted molar refractivity (Wildman–Crippen MR) is 176 cm³/mol. The molecule has 0 spiro atoms. The van der Waals surface area contributed by atoms with Gasteiger partial charge in [-0.05, 0) is 92.9 Å². The van der Waals surface area contributed by atoms with E-state index in [0.29, 0.717) is 25.9 Å². The van der Waals surface area contributed by atoms with Crippen molar-refractivity contribution >= 4 is 5.97 Å². The minimum Gasteiger partial charge on any atom is -0.459 e. The van der Waals surface area contributed by atoms with Crippen molar-refractivity contribution in [1.29, 1.82) is 0 Å². The van der Waals surface area contributed by atoms with Crippen LogP contribution in [0.15, 0.2) is 0 Å². The van der Waals surface area contributed by atoms with Crippen molar-refractivity contribution in [3.05, 3.63) is 0 Å². The maximum atomic E-state index is 13.6. The zero-order chi connectivity index (χ0) is 34.6. The van der Waals surface area contributed by atoms with Gasteiger partial charge in [-0.2, -0.15) is 0 Å². The van der Waals surface area contributed by atoms with Gasteiger partial charge in [-0.15, -0.1) is 0 Å². The Morgan fingerprint density at radius 1 is 1.04 bits per heavy atom. The highest BCUT2D eigenvalue weighted by Gasteiger charge is 2.50.